The number of thioether (sulfide) groups is 1. The standard InChI is InChI=1S/C28H47BN4O5S/c1-19(2)22(32-25(35)36-26(3,4)5)23(34)33-14-10-12-20(18-33)13-11-15-39-24-30-16-21(17-31-24)29-37-27(6,7)28(8,9)38-29/h16-17,19-20,22H,10-15,18H2,1-9H3,(H,32,35)/t20-,22-/m1/s1. The van der Waals surface area contributed by atoms with Crippen molar-refractivity contribution in [2.24, 2.45) is 11.8 Å². The maximum atomic E-state index is 13.3. The number of aromatic nitrogens is 2. The summed E-state index contributed by atoms with van der Waals surface area (Å²) in [5, 5.41) is 3.54. The van der Waals surface area contributed by atoms with E-state index < -0.39 is 36.1 Å². The number of nitrogens with zero attached hydrogens (tertiary/aromatic N) is 3. The minimum Gasteiger partial charge on any atom is -0.444 e. The van der Waals surface area contributed by atoms with Crippen LogP contribution in [0.15, 0.2) is 17.6 Å². The molecule has 0 aromatic carbocycles. The van der Waals surface area contributed by atoms with E-state index in [2.05, 4.69) is 15.3 Å². The number of carbonyl (C=O) groups excluding carboxylic acids is 2. The third-order valence-corrected chi connectivity index (χ3v) is 8.56. The van der Waals surface area contributed by atoms with E-state index in [0.717, 1.165) is 55.1 Å². The lowest BCUT2D eigenvalue weighted by Gasteiger charge is -2.36. The van der Waals surface area contributed by atoms with E-state index in [1.807, 2.05) is 67.2 Å². The summed E-state index contributed by atoms with van der Waals surface area (Å²) in [6, 6.07) is -0.591. The number of ether oxygens (including phenoxy) is 1. The van der Waals surface area contributed by atoms with Crippen LogP contribution in [0.25, 0.3) is 0 Å². The van der Waals surface area contributed by atoms with Gasteiger partial charge in [-0.2, -0.15) is 0 Å². The maximum absolute atomic E-state index is 13.3. The van der Waals surface area contributed by atoms with Crippen molar-refractivity contribution < 1.29 is 23.6 Å². The molecule has 0 bridgehead atoms. The Morgan fingerprint density at radius 3 is 2.36 bits per heavy atom. The first-order chi connectivity index (χ1) is 18.1. The number of piperidine rings is 1. The van der Waals surface area contributed by atoms with Crippen LogP contribution in [0.1, 0.15) is 88.0 Å². The Bertz CT molecular complexity index is 967. The van der Waals surface area contributed by atoms with Gasteiger partial charge in [-0.25, -0.2) is 14.8 Å². The fraction of sp³-hybridized carbons (Fsp3) is 0.786. The van der Waals surface area contributed by atoms with E-state index >= 15 is 0 Å². The van der Waals surface area contributed by atoms with Gasteiger partial charge >= 0.3 is 13.2 Å². The fourth-order valence-corrected chi connectivity index (χ4v) is 5.43. The molecule has 1 aromatic rings. The van der Waals surface area contributed by atoms with Gasteiger partial charge in [-0.3, -0.25) is 4.79 Å². The van der Waals surface area contributed by atoms with Gasteiger partial charge in [0.15, 0.2) is 5.16 Å². The van der Waals surface area contributed by atoms with Gasteiger partial charge in [0.1, 0.15) is 11.6 Å². The van der Waals surface area contributed by atoms with Crippen molar-refractivity contribution in [3.8, 4) is 0 Å². The van der Waals surface area contributed by atoms with Gasteiger partial charge in [0.25, 0.3) is 0 Å². The van der Waals surface area contributed by atoms with Crippen molar-refractivity contribution in [1.29, 1.82) is 0 Å². The van der Waals surface area contributed by atoms with Crippen LogP contribution in [0.2, 0.25) is 0 Å². The van der Waals surface area contributed by atoms with Crippen molar-refractivity contribution in [3.05, 3.63) is 12.4 Å². The van der Waals surface area contributed by atoms with Gasteiger partial charge in [0.05, 0.1) is 11.2 Å². The zero-order valence-electron chi connectivity index (χ0n) is 25.2. The van der Waals surface area contributed by atoms with Gasteiger partial charge in [0.2, 0.25) is 5.91 Å². The quantitative estimate of drug-likeness (QED) is 0.204. The maximum Gasteiger partial charge on any atom is 0.498 e. The summed E-state index contributed by atoms with van der Waals surface area (Å²) < 4.78 is 17.5. The van der Waals surface area contributed by atoms with E-state index in [1.54, 1.807) is 24.2 Å². The van der Waals surface area contributed by atoms with Crippen LogP contribution < -0.4 is 10.8 Å². The minimum absolute atomic E-state index is 0.0228. The van der Waals surface area contributed by atoms with Crippen LogP contribution in [0.5, 0.6) is 0 Å². The number of hydrogen-bond donors (Lipinski definition) is 1. The lowest BCUT2D eigenvalue weighted by Crippen LogP contribution is -2.54. The Hall–Kier alpha value is -1.85. The van der Waals surface area contributed by atoms with E-state index in [9.17, 15) is 9.59 Å². The van der Waals surface area contributed by atoms with Crippen LogP contribution in [0.3, 0.4) is 0 Å². The molecule has 0 aliphatic carbocycles. The summed E-state index contributed by atoms with van der Waals surface area (Å²) in [5.74, 6) is 1.31. The Labute approximate surface area is 239 Å². The SMILES string of the molecule is CC(C)[C@@H](NC(=O)OC(C)(C)C)C(=O)N1CCC[C@H](CCCSc2ncc(B3OC(C)(C)C(C)(C)O3)cn2)C1. The highest BCUT2D eigenvalue weighted by molar-refractivity contribution is 7.99. The second-order valence-electron chi connectivity index (χ2n) is 13.0. The van der Waals surface area contributed by atoms with Crippen molar-refractivity contribution in [3.63, 3.8) is 0 Å². The molecule has 1 N–H and O–H groups in total. The molecule has 0 unspecified atom stereocenters. The molecule has 9 nitrogen and oxygen atoms in total. The zero-order valence-corrected chi connectivity index (χ0v) is 26.0. The highest BCUT2D eigenvalue weighted by Crippen LogP contribution is 2.36. The second-order valence-corrected chi connectivity index (χ2v) is 14.1. The Balaban J connectivity index is 1.44. The molecule has 0 radical (unpaired) electrons. The van der Waals surface area contributed by atoms with E-state index in [4.69, 9.17) is 14.0 Å². The number of nitrogens with one attached hydrogen (secondary N) is 1. The number of amides is 2. The topological polar surface area (TPSA) is 103 Å². The monoisotopic (exact) mass is 562 g/mol. The Morgan fingerprint density at radius 1 is 1.18 bits per heavy atom. The Kier molecular flexibility index (Phi) is 10.4. The van der Waals surface area contributed by atoms with E-state index in [-0.39, 0.29) is 11.8 Å². The molecule has 3 heterocycles. The molecule has 2 aliphatic rings. The Morgan fingerprint density at radius 2 is 1.79 bits per heavy atom. The van der Waals surface area contributed by atoms with Crippen LogP contribution in [-0.2, 0) is 18.8 Å². The van der Waals surface area contributed by atoms with Crippen LogP contribution in [0.4, 0.5) is 4.79 Å². The van der Waals surface area contributed by atoms with Crippen LogP contribution in [-0.4, -0.2) is 75.7 Å². The molecule has 218 valence electrons. The number of carbonyl (C=O) groups is 2. The molecule has 3 rings (SSSR count). The smallest absolute Gasteiger partial charge is 0.444 e. The summed E-state index contributed by atoms with van der Waals surface area (Å²) in [6.07, 6.45) is 7.17. The minimum atomic E-state index is -0.608. The lowest BCUT2D eigenvalue weighted by molar-refractivity contribution is -0.136. The normalized spacial score (nSPS) is 21.6. The highest BCUT2D eigenvalue weighted by Gasteiger charge is 2.52. The largest absolute Gasteiger partial charge is 0.498 e. The predicted molar refractivity (Wildman–Crippen MR) is 155 cm³/mol. The van der Waals surface area contributed by atoms with Crippen molar-refractivity contribution in [2.75, 3.05) is 18.8 Å². The van der Waals surface area contributed by atoms with Crippen molar-refractivity contribution in [1.82, 2.24) is 20.2 Å². The number of alkyl carbamates (subject to hydrolysis) is 1. The summed E-state index contributed by atoms with van der Waals surface area (Å²) in [7, 11) is -0.458. The number of rotatable bonds is 9. The first-order valence-electron chi connectivity index (χ1n) is 14.2. The molecule has 2 atom stereocenters. The molecule has 2 aliphatic heterocycles. The zero-order chi connectivity index (χ0) is 29.0. The molecule has 2 saturated heterocycles. The molecule has 2 amide bonds. The first-order valence-corrected chi connectivity index (χ1v) is 15.2. The van der Waals surface area contributed by atoms with Crippen LogP contribution >= 0.6 is 11.8 Å². The number of hydrogen-bond acceptors (Lipinski definition) is 8. The molecule has 39 heavy (non-hydrogen) atoms. The predicted octanol–water partition coefficient (Wildman–Crippen LogP) is 4.44. The van der Waals surface area contributed by atoms with Gasteiger partial charge in [-0.05, 0) is 86.0 Å². The van der Waals surface area contributed by atoms with E-state index in [1.165, 1.54) is 0 Å². The van der Waals surface area contributed by atoms with Gasteiger partial charge in [-0.15, -0.1) is 0 Å². The summed E-state index contributed by atoms with van der Waals surface area (Å²) in [4.78, 5) is 36.6. The summed E-state index contributed by atoms with van der Waals surface area (Å²) in [5.41, 5.74) is -0.571. The van der Waals surface area contributed by atoms with Gasteiger partial charge < -0.3 is 24.3 Å². The summed E-state index contributed by atoms with van der Waals surface area (Å²) in [6.45, 7) is 18.9. The average Bonchev–Trinajstić information content (AvgIpc) is 3.06. The number of likely N-dealkylation sites (tertiary alicyclic amines) is 1. The average molecular weight is 563 g/mol. The van der Waals surface area contributed by atoms with Gasteiger partial charge in [0, 0.05) is 36.7 Å². The lowest BCUT2D eigenvalue weighted by atomic mass is 9.81. The molecule has 2 fully saturated rings. The van der Waals surface area contributed by atoms with E-state index in [0.29, 0.717) is 5.92 Å². The van der Waals surface area contributed by atoms with Gasteiger partial charge in [-0.1, -0.05) is 25.6 Å². The molecular formula is C28H47BN4O5S. The summed E-state index contributed by atoms with van der Waals surface area (Å²) >= 11 is 1.64. The third kappa shape index (κ3) is 8.82. The fourth-order valence-electron chi connectivity index (χ4n) is 4.68. The second kappa shape index (κ2) is 12.8. The van der Waals surface area contributed by atoms with Crippen LogP contribution in [0, 0.1) is 11.8 Å². The van der Waals surface area contributed by atoms with Crippen molar-refractivity contribution in [2.45, 2.75) is 116 Å². The molecule has 11 heteroatoms. The molecule has 0 spiro atoms. The molecule has 1 aromatic heterocycles. The molecular weight excluding hydrogens is 515 g/mol. The highest BCUT2D eigenvalue weighted by atomic mass is 32.2. The molecule has 0 saturated carbocycles. The third-order valence-electron chi connectivity index (χ3n) is 7.60. The first kappa shape index (κ1) is 31.7. The van der Waals surface area contributed by atoms with Crippen molar-refractivity contribution >= 4 is 36.3 Å².